The van der Waals surface area contributed by atoms with Gasteiger partial charge in [0.2, 0.25) is 5.89 Å². The summed E-state index contributed by atoms with van der Waals surface area (Å²) < 4.78 is 5.43. The molecule has 0 amide bonds. The van der Waals surface area contributed by atoms with Crippen molar-refractivity contribution in [3.05, 3.63) is 17.3 Å². The van der Waals surface area contributed by atoms with Gasteiger partial charge < -0.3 is 14.8 Å². The molecule has 0 aliphatic rings. The van der Waals surface area contributed by atoms with Crippen molar-refractivity contribution in [3.63, 3.8) is 0 Å². The lowest BCUT2D eigenvalue weighted by atomic mass is 10.1. The molecular weight excluding hydrogens is 192 g/mol. The number of hydrogen-bond acceptors (Lipinski definition) is 4. The number of aliphatic hydroxyl groups excluding tert-OH is 1. The first-order chi connectivity index (χ1) is 6.99. The maximum Gasteiger partial charge on any atom is 0.208 e. The third-order valence-electron chi connectivity index (χ3n) is 2.37. The second kappa shape index (κ2) is 5.28. The number of nitrogens with zero attached hydrogens (tertiary/aromatic N) is 1. The normalized spacial score (nSPS) is 15.3. The molecule has 0 saturated carbocycles. The number of aromatic nitrogens is 1. The van der Waals surface area contributed by atoms with E-state index in [4.69, 9.17) is 4.42 Å². The molecule has 1 heterocycles. The van der Waals surface area contributed by atoms with E-state index in [0.29, 0.717) is 12.4 Å². The standard InChI is InChI=1S/C11H20N2O2/c1-7(5-8(2)14)12-6-11-13-9(3)10(4)15-11/h7-8,12,14H,5-6H2,1-4H3. The van der Waals surface area contributed by atoms with E-state index in [1.807, 2.05) is 20.8 Å². The zero-order valence-corrected chi connectivity index (χ0v) is 9.87. The molecule has 4 nitrogen and oxygen atoms in total. The van der Waals surface area contributed by atoms with Gasteiger partial charge in [0.25, 0.3) is 0 Å². The lowest BCUT2D eigenvalue weighted by Crippen LogP contribution is -2.28. The average molecular weight is 212 g/mol. The van der Waals surface area contributed by atoms with Gasteiger partial charge in [-0.15, -0.1) is 0 Å². The molecule has 0 aliphatic carbocycles. The van der Waals surface area contributed by atoms with E-state index in [1.54, 1.807) is 6.92 Å². The van der Waals surface area contributed by atoms with Crippen molar-refractivity contribution in [1.82, 2.24) is 10.3 Å². The summed E-state index contributed by atoms with van der Waals surface area (Å²) in [6, 6.07) is 0.262. The Kier molecular flexibility index (Phi) is 4.29. The largest absolute Gasteiger partial charge is 0.444 e. The lowest BCUT2D eigenvalue weighted by Gasteiger charge is -2.13. The Hall–Kier alpha value is -0.870. The van der Waals surface area contributed by atoms with Crippen molar-refractivity contribution in [2.45, 2.75) is 52.8 Å². The molecule has 0 aliphatic heterocycles. The Morgan fingerprint density at radius 3 is 2.53 bits per heavy atom. The molecular formula is C11H20N2O2. The summed E-state index contributed by atoms with van der Waals surface area (Å²) in [5.41, 5.74) is 0.940. The van der Waals surface area contributed by atoms with Gasteiger partial charge >= 0.3 is 0 Å². The molecule has 2 N–H and O–H groups in total. The Morgan fingerprint density at radius 1 is 1.40 bits per heavy atom. The van der Waals surface area contributed by atoms with Crippen LogP contribution in [0.2, 0.25) is 0 Å². The summed E-state index contributed by atoms with van der Waals surface area (Å²) in [6.07, 6.45) is 0.458. The lowest BCUT2D eigenvalue weighted by molar-refractivity contribution is 0.169. The van der Waals surface area contributed by atoms with E-state index in [1.165, 1.54) is 0 Å². The molecule has 0 spiro atoms. The fourth-order valence-electron chi connectivity index (χ4n) is 1.47. The molecule has 0 radical (unpaired) electrons. The quantitative estimate of drug-likeness (QED) is 0.777. The van der Waals surface area contributed by atoms with Gasteiger partial charge in [-0.2, -0.15) is 0 Å². The highest BCUT2D eigenvalue weighted by Crippen LogP contribution is 2.08. The molecule has 0 fully saturated rings. The highest BCUT2D eigenvalue weighted by molar-refractivity contribution is 5.05. The van der Waals surface area contributed by atoms with Gasteiger partial charge in [-0.05, 0) is 34.1 Å². The van der Waals surface area contributed by atoms with Crippen LogP contribution < -0.4 is 5.32 Å². The molecule has 1 aromatic heterocycles. The fourth-order valence-corrected chi connectivity index (χ4v) is 1.47. The summed E-state index contributed by atoms with van der Waals surface area (Å²) >= 11 is 0. The van der Waals surface area contributed by atoms with Gasteiger partial charge in [-0.3, -0.25) is 0 Å². The zero-order chi connectivity index (χ0) is 11.4. The Labute approximate surface area is 90.7 Å². The van der Waals surface area contributed by atoms with E-state index in [0.717, 1.165) is 17.9 Å². The minimum Gasteiger partial charge on any atom is -0.444 e. The maximum atomic E-state index is 9.19. The number of nitrogens with one attached hydrogen (secondary N) is 1. The third kappa shape index (κ3) is 4.01. The number of oxazole rings is 1. The first-order valence-electron chi connectivity index (χ1n) is 5.33. The minimum absolute atomic E-state index is 0.262. The Balaban J connectivity index is 2.36. The van der Waals surface area contributed by atoms with Crippen LogP contribution in [0.3, 0.4) is 0 Å². The molecule has 2 atom stereocenters. The SMILES string of the molecule is Cc1nc(CNC(C)CC(C)O)oc1C. The molecule has 1 aromatic rings. The van der Waals surface area contributed by atoms with Crippen molar-refractivity contribution in [2.75, 3.05) is 0 Å². The summed E-state index contributed by atoms with van der Waals surface area (Å²) in [7, 11) is 0. The molecule has 4 heteroatoms. The van der Waals surface area contributed by atoms with Crippen molar-refractivity contribution in [2.24, 2.45) is 0 Å². The van der Waals surface area contributed by atoms with Crippen molar-refractivity contribution in [3.8, 4) is 0 Å². The number of aliphatic hydroxyl groups is 1. The van der Waals surface area contributed by atoms with Crippen LogP contribution in [-0.4, -0.2) is 22.2 Å². The van der Waals surface area contributed by atoms with E-state index in [-0.39, 0.29) is 12.1 Å². The summed E-state index contributed by atoms with van der Waals surface area (Å²) in [6.45, 7) is 8.28. The van der Waals surface area contributed by atoms with Crippen LogP contribution >= 0.6 is 0 Å². The number of aryl methyl sites for hydroxylation is 2. The number of rotatable bonds is 5. The summed E-state index contributed by atoms with van der Waals surface area (Å²) in [5, 5.41) is 12.4. The van der Waals surface area contributed by atoms with Crippen molar-refractivity contribution >= 4 is 0 Å². The minimum atomic E-state index is -0.277. The second-order valence-corrected chi connectivity index (χ2v) is 4.12. The predicted molar refractivity (Wildman–Crippen MR) is 58.6 cm³/mol. The summed E-state index contributed by atoms with van der Waals surface area (Å²) in [4.78, 5) is 4.27. The smallest absolute Gasteiger partial charge is 0.208 e. The predicted octanol–water partition coefficient (Wildman–Crippen LogP) is 1.54. The van der Waals surface area contributed by atoms with Crippen LogP contribution in [0.5, 0.6) is 0 Å². The van der Waals surface area contributed by atoms with Gasteiger partial charge in [0, 0.05) is 6.04 Å². The highest BCUT2D eigenvalue weighted by Gasteiger charge is 2.08. The van der Waals surface area contributed by atoms with Crippen LogP contribution in [0.25, 0.3) is 0 Å². The van der Waals surface area contributed by atoms with E-state index in [2.05, 4.69) is 10.3 Å². The zero-order valence-electron chi connectivity index (χ0n) is 9.87. The topological polar surface area (TPSA) is 58.3 Å². The average Bonchev–Trinajstić information content (AvgIpc) is 2.42. The highest BCUT2D eigenvalue weighted by atomic mass is 16.4. The van der Waals surface area contributed by atoms with E-state index < -0.39 is 0 Å². The van der Waals surface area contributed by atoms with Gasteiger partial charge in [-0.25, -0.2) is 4.98 Å². The first-order valence-corrected chi connectivity index (χ1v) is 5.33. The van der Waals surface area contributed by atoms with Gasteiger partial charge in [0.1, 0.15) is 5.76 Å². The van der Waals surface area contributed by atoms with Crippen LogP contribution in [0.1, 0.15) is 37.6 Å². The molecule has 15 heavy (non-hydrogen) atoms. The summed E-state index contributed by atoms with van der Waals surface area (Å²) in [5.74, 6) is 1.58. The Morgan fingerprint density at radius 2 is 2.07 bits per heavy atom. The van der Waals surface area contributed by atoms with Crippen LogP contribution in [-0.2, 0) is 6.54 Å². The van der Waals surface area contributed by atoms with Crippen LogP contribution in [0, 0.1) is 13.8 Å². The van der Waals surface area contributed by atoms with E-state index in [9.17, 15) is 5.11 Å². The van der Waals surface area contributed by atoms with Crippen LogP contribution in [0.15, 0.2) is 4.42 Å². The van der Waals surface area contributed by atoms with Crippen molar-refractivity contribution in [1.29, 1.82) is 0 Å². The van der Waals surface area contributed by atoms with Crippen LogP contribution in [0.4, 0.5) is 0 Å². The number of hydrogen-bond donors (Lipinski definition) is 2. The molecule has 0 bridgehead atoms. The molecule has 1 rings (SSSR count). The second-order valence-electron chi connectivity index (χ2n) is 4.12. The molecule has 0 saturated heterocycles. The van der Waals surface area contributed by atoms with Gasteiger partial charge in [-0.1, -0.05) is 0 Å². The van der Waals surface area contributed by atoms with E-state index >= 15 is 0 Å². The Bertz CT molecular complexity index is 288. The van der Waals surface area contributed by atoms with Gasteiger partial charge in [0.15, 0.2) is 0 Å². The molecule has 86 valence electrons. The first kappa shape index (κ1) is 12.2. The monoisotopic (exact) mass is 212 g/mol. The molecule has 2 unspecified atom stereocenters. The maximum absolute atomic E-state index is 9.19. The van der Waals surface area contributed by atoms with Crippen molar-refractivity contribution < 1.29 is 9.52 Å². The third-order valence-corrected chi connectivity index (χ3v) is 2.37. The van der Waals surface area contributed by atoms with Gasteiger partial charge in [0.05, 0.1) is 18.3 Å². The fraction of sp³-hybridized carbons (Fsp3) is 0.727. The molecule has 0 aromatic carbocycles.